The Kier molecular flexibility index (Phi) is 6.74. The van der Waals surface area contributed by atoms with E-state index in [1.165, 1.54) is 0 Å². The first-order valence-corrected chi connectivity index (χ1v) is 12.8. The van der Waals surface area contributed by atoms with Crippen molar-refractivity contribution >= 4 is 79.8 Å². The van der Waals surface area contributed by atoms with Crippen molar-refractivity contribution in [2.75, 3.05) is 12.3 Å². The lowest BCUT2D eigenvalue weighted by Crippen LogP contribution is -1.83. The molecular formula is C3H8Cl2P2S4. The summed E-state index contributed by atoms with van der Waals surface area (Å²) in [5.74, 6) is 0. The summed E-state index contributed by atoms with van der Waals surface area (Å²) in [6, 6.07) is 0. The number of thiol groups is 2. The smallest absolute Gasteiger partial charge is 0.0860 e. The molecular weight excluding hydrogens is 297 g/mol. The number of hydrogen-bond donors (Lipinski definition) is 2. The molecule has 0 amide bonds. The maximum Gasteiger partial charge on any atom is 0.0860 e. The van der Waals surface area contributed by atoms with Crippen LogP contribution in [0.1, 0.15) is 6.42 Å². The van der Waals surface area contributed by atoms with Gasteiger partial charge < -0.3 is 0 Å². The zero-order valence-corrected chi connectivity index (χ0v) is 12.2. The highest BCUT2D eigenvalue weighted by Crippen LogP contribution is 2.60. The monoisotopic (exact) mass is 304 g/mol. The minimum atomic E-state index is -1.87. The van der Waals surface area contributed by atoms with Crippen molar-refractivity contribution in [1.29, 1.82) is 0 Å². The molecule has 0 aliphatic heterocycles. The molecule has 0 N–H and O–H groups in total. The van der Waals surface area contributed by atoms with Gasteiger partial charge in [-0.2, -0.15) is 0 Å². The molecule has 0 fully saturated rings. The third kappa shape index (κ3) is 12.6. The molecule has 0 aromatic heterocycles. The highest BCUT2D eigenvalue weighted by Gasteiger charge is 2.10. The number of rotatable bonds is 4. The van der Waals surface area contributed by atoms with Crippen LogP contribution in [0, 0.1) is 0 Å². The van der Waals surface area contributed by atoms with Crippen LogP contribution in [0.2, 0.25) is 0 Å². The molecule has 0 radical (unpaired) electrons. The third-order valence-electron chi connectivity index (χ3n) is 0.868. The molecule has 68 valence electrons. The predicted octanol–water partition coefficient (Wildman–Crippen LogP) is 4.33. The quantitative estimate of drug-likeness (QED) is 0.586. The van der Waals surface area contributed by atoms with Gasteiger partial charge in [0, 0.05) is 0 Å². The molecule has 0 aromatic carbocycles. The fraction of sp³-hybridized carbons (Fsp3) is 1.00. The van der Waals surface area contributed by atoms with Crippen LogP contribution < -0.4 is 0 Å². The van der Waals surface area contributed by atoms with Crippen LogP contribution in [0.4, 0.5) is 0 Å². The van der Waals surface area contributed by atoms with Crippen LogP contribution in [0.25, 0.3) is 0 Å². The van der Waals surface area contributed by atoms with E-state index in [4.69, 9.17) is 46.1 Å². The molecule has 2 atom stereocenters. The molecule has 0 bridgehead atoms. The van der Waals surface area contributed by atoms with Gasteiger partial charge in [-0.1, -0.05) is 46.1 Å². The second kappa shape index (κ2) is 5.46. The lowest BCUT2D eigenvalue weighted by atomic mass is 10.6. The molecule has 0 aromatic rings. The van der Waals surface area contributed by atoms with Gasteiger partial charge in [-0.05, 0) is 18.7 Å². The van der Waals surface area contributed by atoms with Crippen molar-refractivity contribution in [3.63, 3.8) is 0 Å². The average molecular weight is 305 g/mol. The standard InChI is InChI=1S/C3H8Cl2P2S4/c4-6(8,9)2-1-3-7(5,10)11/h1-3H2,(H,8,9)(H,10,11). The van der Waals surface area contributed by atoms with Gasteiger partial charge in [0.15, 0.2) is 0 Å². The van der Waals surface area contributed by atoms with Gasteiger partial charge in [0.2, 0.25) is 0 Å². The van der Waals surface area contributed by atoms with Gasteiger partial charge >= 0.3 is 0 Å². The maximum absolute atomic E-state index is 5.76. The summed E-state index contributed by atoms with van der Waals surface area (Å²) in [4.78, 5) is 0. The van der Waals surface area contributed by atoms with Crippen LogP contribution in [0.15, 0.2) is 0 Å². The van der Waals surface area contributed by atoms with E-state index in [0.717, 1.165) is 18.7 Å². The maximum atomic E-state index is 5.76. The Morgan fingerprint density at radius 2 is 1.27 bits per heavy atom. The summed E-state index contributed by atoms with van der Waals surface area (Å²) in [5.41, 5.74) is 0. The Hall–Kier alpha value is 2.58. The van der Waals surface area contributed by atoms with E-state index in [1.807, 2.05) is 0 Å². The molecule has 0 aliphatic carbocycles. The zero-order valence-electron chi connectivity index (χ0n) is 5.48. The molecule has 0 aliphatic rings. The van der Waals surface area contributed by atoms with E-state index in [9.17, 15) is 0 Å². The van der Waals surface area contributed by atoms with Crippen LogP contribution in [0.5, 0.6) is 0 Å². The van der Waals surface area contributed by atoms with Crippen molar-refractivity contribution in [3.8, 4) is 0 Å². The van der Waals surface area contributed by atoms with Crippen LogP contribution >= 0.6 is 56.2 Å². The normalized spacial score (nSPS) is 22.2. The number of halogens is 2. The molecule has 0 saturated heterocycles. The van der Waals surface area contributed by atoms with Crippen LogP contribution in [-0.4, -0.2) is 12.3 Å². The average Bonchev–Trinajstić information content (AvgIpc) is 1.55. The zero-order chi connectivity index (χ0) is 9.12. The molecule has 0 nitrogen and oxygen atoms in total. The van der Waals surface area contributed by atoms with Crippen molar-refractivity contribution in [3.05, 3.63) is 0 Å². The lowest BCUT2D eigenvalue weighted by molar-refractivity contribution is 1.12. The molecule has 0 heterocycles. The third-order valence-corrected chi connectivity index (χ3v) is 5.91. The molecule has 0 rings (SSSR count). The Labute approximate surface area is 97.7 Å². The van der Waals surface area contributed by atoms with E-state index >= 15 is 0 Å². The minimum absolute atomic E-state index is 0.735. The van der Waals surface area contributed by atoms with Gasteiger partial charge in [-0.25, -0.2) is 0 Å². The predicted molar refractivity (Wildman–Crippen MR) is 72.6 cm³/mol. The fourth-order valence-electron chi connectivity index (χ4n) is 0.461. The van der Waals surface area contributed by atoms with Crippen molar-refractivity contribution < 1.29 is 0 Å². The Balaban J connectivity index is 3.61. The number of hydrogen-bond acceptors (Lipinski definition) is 2. The summed E-state index contributed by atoms with van der Waals surface area (Å²) in [6.45, 7) is 0. The molecule has 8 heteroatoms. The Morgan fingerprint density at radius 1 is 1.00 bits per heavy atom. The largest absolute Gasteiger partial charge is 0.127 e. The van der Waals surface area contributed by atoms with Gasteiger partial charge in [0.05, 0.1) is 9.18 Å². The summed E-state index contributed by atoms with van der Waals surface area (Å²) in [6.07, 6.45) is 2.31. The van der Waals surface area contributed by atoms with E-state index < -0.39 is 9.18 Å². The first-order chi connectivity index (χ1) is 4.71. The topological polar surface area (TPSA) is 0 Å². The summed E-state index contributed by atoms with van der Waals surface area (Å²) >= 11 is 29.5. The lowest BCUT2D eigenvalue weighted by Gasteiger charge is -2.08. The molecule has 11 heavy (non-hydrogen) atoms. The molecule has 0 spiro atoms. The van der Waals surface area contributed by atoms with E-state index in [0.29, 0.717) is 0 Å². The highest BCUT2D eigenvalue weighted by atomic mass is 35.7. The fourth-order valence-corrected chi connectivity index (χ4v) is 4.15. The summed E-state index contributed by atoms with van der Waals surface area (Å²) in [5, 5.41) is 0. The van der Waals surface area contributed by atoms with Crippen molar-refractivity contribution in [1.82, 2.24) is 0 Å². The van der Waals surface area contributed by atoms with E-state index in [2.05, 4.69) is 24.5 Å². The minimum Gasteiger partial charge on any atom is -0.127 e. The summed E-state index contributed by atoms with van der Waals surface area (Å²) in [7, 11) is 0. The van der Waals surface area contributed by atoms with Gasteiger partial charge in [-0.3, -0.25) is 0 Å². The van der Waals surface area contributed by atoms with Crippen molar-refractivity contribution in [2.24, 2.45) is 0 Å². The Morgan fingerprint density at radius 3 is 1.45 bits per heavy atom. The van der Waals surface area contributed by atoms with Gasteiger partial charge in [0.25, 0.3) is 0 Å². The Bertz CT molecular complexity index is 183. The van der Waals surface area contributed by atoms with E-state index in [-0.39, 0.29) is 0 Å². The summed E-state index contributed by atoms with van der Waals surface area (Å²) < 4.78 is -3.75. The second-order valence-electron chi connectivity index (χ2n) is 2.03. The van der Waals surface area contributed by atoms with E-state index in [1.54, 1.807) is 0 Å². The van der Waals surface area contributed by atoms with Crippen LogP contribution in [0.3, 0.4) is 0 Å². The van der Waals surface area contributed by atoms with Crippen LogP contribution in [-0.2, 0) is 23.6 Å². The highest BCUT2D eigenvalue weighted by molar-refractivity contribution is 8.72. The SMILES string of the molecule is S=P(S)(Cl)CCCP(=S)(S)Cl. The first-order valence-electron chi connectivity index (χ1n) is 2.74. The van der Waals surface area contributed by atoms with Gasteiger partial charge in [-0.15, -0.1) is 24.5 Å². The van der Waals surface area contributed by atoms with Crippen molar-refractivity contribution in [2.45, 2.75) is 6.42 Å². The van der Waals surface area contributed by atoms with Gasteiger partial charge in [0.1, 0.15) is 0 Å². The molecule has 2 unspecified atom stereocenters. The first kappa shape index (κ1) is 13.6. The second-order valence-corrected chi connectivity index (χ2v) is 20.9. The molecule has 0 saturated carbocycles.